The average molecular weight is 591 g/mol. The lowest BCUT2D eigenvalue weighted by Gasteiger charge is -2.15. The largest absolute Gasteiger partial charge is 0.350 e. The lowest BCUT2D eigenvalue weighted by atomic mass is 10.1. The van der Waals surface area contributed by atoms with Crippen molar-refractivity contribution in [1.29, 1.82) is 0 Å². The third-order valence-electron chi connectivity index (χ3n) is 6.61. The van der Waals surface area contributed by atoms with Crippen molar-refractivity contribution in [2.24, 2.45) is 0 Å². The van der Waals surface area contributed by atoms with Crippen LogP contribution < -0.4 is 15.5 Å². The van der Waals surface area contributed by atoms with E-state index in [0.29, 0.717) is 22.1 Å². The van der Waals surface area contributed by atoms with Gasteiger partial charge in [0.25, 0.3) is 17.7 Å². The molecule has 3 amide bonds. The van der Waals surface area contributed by atoms with Gasteiger partial charge in [-0.3, -0.25) is 19.7 Å². The summed E-state index contributed by atoms with van der Waals surface area (Å²) in [6.45, 7) is 1.87. The molecule has 2 heterocycles. The summed E-state index contributed by atoms with van der Waals surface area (Å²) < 4.78 is 0. The summed E-state index contributed by atoms with van der Waals surface area (Å²) in [5.74, 6) is -1.56. The van der Waals surface area contributed by atoms with Crippen molar-refractivity contribution in [3.8, 4) is 21.7 Å². The SMILES string of the molecule is Cc1cccc(N2C(=O)C(Cl)=C(Nc3cccc(C(=O)Nc4nc(-c5ccccc5)c(-c5ccccc5)s4)c3)C2=O)c1. The quantitative estimate of drug-likeness (QED) is 0.192. The van der Waals surface area contributed by atoms with Crippen LogP contribution in [0.3, 0.4) is 0 Å². The molecular formula is C33H23ClN4O3S. The van der Waals surface area contributed by atoms with Gasteiger partial charge in [0.15, 0.2) is 5.13 Å². The van der Waals surface area contributed by atoms with E-state index in [4.69, 9.17) is 16.6 Å². The molecule has 1 aromatic heterocycles. The second-order valence-electron chi connectivity index (χ2n) is 9.56. The number of amides is 3. The van der Waals surface area contributed by atoms with E-state index in [1.165, 1.54) is 11.3 Å². The Labute approximate surface area is 251 Å². The van der Waals surface area contributed by atoms with Crippen LogP contribution in [0.5, 0.6) is 0 Å². The molecule has 0 aliphatic carbocycles. The standard InChI is InChI=1S/C33H23ClN4O3S/c1-20-10-8-17-25(18-20)38-31(40)26(34)28(32(38)41)35-24-16-9-15-23(19-24)30(39)37-33-36-27(21-11-4-2-5-12-21)29(42-33)22-13-6-3-7-14-22/h2-19,35H,1H3,(H,36,37,39). The number of nitrogens with zero attached hydrogens (tertiary/aromatic N) is 2. The summed E-state index contributed by atoms with van der Waals surface area (Å²) in [6, 6.07) is 33.4. The van der Waals surface area contributed by atoms with Crippen LogP contribution in [0, 0.1) is 6.92 Å². The number of halogens is 1. The fraction of sp³-hybridized carbons (Fsp3) is 0.0303. The minimum absolute atomic E-state index is 0.0549. The van der Waals surface area contributed by atoms with E-state index in [1.54, 1.807) is 42.5 Å². The molecule has 0 saturated heterocycles. The highest BCUT2D eigenvalue weighted by atomic mass is 35.5. The molecule has 0 bridgehead atoms. The number of nitrogens with one attached hydrogen (secondary N) is 2. The Morgan fingerprint density at radius 2 is 1.50 bits per heavy atom. The van der Waals surface area contributed by atoms with Gasteiger partial charge in [0.2, 0.25) is 0 Å². The van der Waals surface area contributed by atoms with Crippen LogP contribution in [0.4, 0.5) is 16.5 Å². The van der Waals surface area contributed by atoms with Crippen LogP contribution in [-0.2, 0) is 9.59 Å². The summed E-state index contributed by atoms with van der Waals surface area (Å²) in [4.78, 5) is 46.1. The molecule has 0 spiro atoms. The predicted molar refractivity (Wildman–Crippen MR) is 168 cm³/mol. The van der Waals surface area contributed by atoms with Crippen molar-refractivity contribution in [3.05, 3.63) is 131 Å². The summed E-state index contributed by atoms with van der Waals surface area (Å²) in [5.41, 5.74) is 4.76. The first-order valence-electron chi connectivity index (χ1n) is 13.0. The Hall–Kier alpha value is -5.05. The van der Waals surface area contributed by atoms with Crippen LogP contribution in [-0.4, -0.2) is 22.7 Å². The zero-order chi connectivity index (χ0) is 29.2. The van der Waals surface area contributed by atoms with Gasteiger partial charge < -0.3 is 5.32 Å². The molecule has 0 fully saturated rings. The zero-order valence-corrected chi connectivity index (χ0v) is 23.9. The molecule has 0 unspecified atom stereocenters. The maximum atomic E-state index is 13.3. The fourth-order valence-electron chi connectivity index (χ4n) is 4.62. The number of aromatic nitrogens is 1. The number of rotatable bonds is 7. The molecular weight excluding hydrogens is 568 g/mol. The third kappa shape index (κ3) is 5.33. The van der Waals surface area contributed by atoms with Crippen molar-refractivity contribution in [2.45, 2.75) is 6.92 Å². The van der Waals surface area contributed by atoms with Crippen LogP contribution in [0.15, 0.2) is 120 Å². The van der Waals surface area contributed by atoms with Crippen LogP contribution >= 0.6 is 22.9 Å². The molecule has 206 valence electrons. The second kappa shape index (κ2) is 11.4. The summed E-state index contributed by atoms with van der Waals surface area (Å²) >= 11 is 7.69. The van der Waals surface area contributed by atoms with E-state index in [0.717, 1.165) is 32.2 Å². The number of imide groups is 1. The Bertz CT molecular complexity index is 1810. The molecule has 42 heavy (non-hydrogen) atoms. The molecule has 6 rings (SSSR count). The highest BCUT2D eigenvalue weighted by Gasteiger charge is 2.39. The van der Waals surface area contributed by atoms with Crippen molar-refractivity contribution < 1.29 is 14.4 Å². The van der Waals surface area contributed by atoms with Gasteiger partial charge in [0.1, 0.15) is 10.7 Å². The Morgan fingerprint density at radius 3 is 2.21 bits per heavy atom. The maximum Gasteiger partial charge on any atom is 0.283 e. The number of hydrogen-bond acceptors (Lipinski definition) is 6. The number of carbonyl (C=O) groups excluding carboxylic acids is 3. The minimum Gasteiger partial charge on any atom is -0.350 e. The van der Waals surface area contributed by atoms with E-state index < -0.39 is 11.8 Å². The maximum absolute atomic E-state index is 13.3. The summed E-state index contributed by atoms with van der Waals surface area (Å²) in [5, 5.41) is 6.08. The monoisotopic (exact) mass is 590 g/mol. The lowest BCUT2D eigenvalue weighted by Crippen LogP contribution is -2.32. The first kappa shape index (κ1) is 27.1. The lowest BCUT2D eigenvalue weighted by molar-refractivity contribution is -0.120. The Balaban J connectivity index is 1.24. The van der Waals surface area contributed by atoms with Crippen molar-refractivity contribution >= 4 is 57.2 Å². The van der Waals surface area contributed by atoms with Crippen molar-refractivity contribution in [3.63, 3.8) is 0 Å². The molecule has 2 N–H and O–H groups in total. The smallest absolute Gasteiger partial charge is 0.283 e. The molecule has 9 heteroatoms. The number of hydrogen-bond donors (Lipinski definition) is 2. The first-order chi connectivity index (χ1) is 20.4. The van der Waals surface area contributed by atoms with Crippen LogP contribution in [0.1, 0.15) is 15.9 Å². The molecule has 0 saturated carbocycles. The highest BCUT2D eigenvalue weighted by molar-refractivity contribution is 7.19. The number of anilines is 3. The minimum atomic E-state index is -0.615. The average Bonchev–Trinajstić information content (AvgIpc) is 3.52. The Kier molecular flexibility index (Phi) is 7.39. The predicted octanol–water partition coefficient (Wildman–Crippen LogP) is 7.47. The van der Waals surface area contributed by atoms with Gasteiger partial charge in [-0.25, -0.2) is 9.88 Å². The molecule has 0 atom stereocenters. The fourth-order valence-corrected chi connectivity index (χ4v) is 5.82. The Morgan fingerprint density at radius 1 is 0.810 bits per heavy atom. The summed E-state index contributed by atoms with van der Waals surface area (Å²) in [6.07, 6.45) is 0. The summed E-state index contributed by atoms with van der Waals surface area (Å²) in [7, 11) is 0. The highest BCUT2D eigenvalue weighted by Crippen LogP contribution is 2.39. The molecule has 5 aromatic rings. The zero-order valence-electron chi connectivity index (χ0n) is 22.3. The van der Waals surface area contributed by atoms with Crippen molar-refractivity contribution in [1.82, 2.24) is 4.98 Å². The van der Waals surface area contributed by atoms with Gasteiger partial charge in [-0.05, 0) is 48.4 Å². The van der Waals surface area contributed by atoms with E-state index in [2.05, 4.69) is 10.6 Å². The number of benzene rings is 4. The van der Waals surface area contributed by atoms with Gasteiger partial charge in [-0.1, -0.05) is 102 Å². The van der Waals surface area contributed by atoms with E-state index in [1.807, 2.05) is 73.7 Å². The number of thiazole rings is 1. The van der Waals surface area contributed by atoms with E-state index in [-0.39, 0.29) is 16.6 Å². The number of aryl methyl sites for hydroxylation is 1. The molecule has 7 nitrogen and oxygen atoms in total. The van der Waals surface area contributed by atoms with Crippen LogP contribution in [0.2, 0.25) is 0 Å². The molecule has 1 aliphatic heterocycles. The van der Waals surface area contributed by atoms with Gasteiger partial charge >= 0.3 is 0 Å². The van der Waals surface area contributed by atoms with Gasteiger partial charge in [0.05, 0.1) is 16.3 Å². The van der Waals surface area contributed by atoms with E-state index in [9.17, 15) is 14.4 Å². The second-order valence-corrected chi connectivity index (χ2v) is 10.9. The van der Waals surface area contributed by atoms with Gasteiger partial charge in [-0.2, -0.15) is 0 Å². The number of carbonyl (C=O) groups is 3. The molecule has 4 aromatic carbocycles. The van der Waals surface area contributed by atoms with Crippen LogP contribution in [0.25, 0.3) is 21.7 Å². The topological polar surface area (TPSA) is 91.4 Å². The normalized spacial score (nSPS) is 13.0. The third-order valence-corrected chi connectivity index (χ3v) is 7.98. The molecule has 0 radical (unpaired) electrons. The van der Waals surface area contributed by atoms with Gasteiger partial charge in [0, 0.05) is 16.8 Å². The van der Waals surface area contributed by atoms with Crippen molar-refractivity contribution in [2.75, 3.05) is 15.5 Å². The molecule has 1 aliphatic rings. The van der Waals surface area contributed by atoms with Gasteiger partial charge in [-0.15, -0.1) is 0 Å². The first-order valence-corrected chi connectivity index (χ1v) is 14.2. The van der Waals surface area contributed by atoms with E-state index >= 15 is 0 Å².